The van der Waals surface area contributed by atoms with E-state index >= 15 is 0 Å². The molecular weight excluding hydrogens is 520 g/mol. The van der Waals surface area contributed by atoms with Gasteiger partial charge in [-0.3, -0.25) is 20.0 Å². The molecule has 0 fully saturated rings. The Balaban J connectivity index is 1.08. The van der Waals surface area contributed by atoms with Crippen LogP contribution in [0.15, 0.2) is 132 Å². The van der Waals surface area contributed by atoms with E-state index in [9.17, 15) is 0 Å². The van der Waals surface area contributed by atoms with E-state index in [1.54, 1.807) is 24.8 Å². The molecule has 2 atom stereocenters. The Morgan fingerprint density at radius 2 is 1.02 bits per heavy atom. The van der Waals surface area contributed by atoms with Crippen molar-refractivity contribution in [2.75, 3.05) is 0 Å². The molecule has 5 rings (SSSR count). The highest BCUT2D eigenvalue weighted by molar-refractivity contribution is 5.77. The van der Waals surface area contributed by atoms with Crippen molar-refractivity contribution in [2.24, 2.45) is 9.98 Å². The van der Waals surface area contributed by atoms with Crippen molar-refractivity contribution in [2.45, 2.75) is 39.1 Å². The lowest BCUT2D eigenvalue weighted by Crippen LogP contribution is -2.00. The first-order valence-corrected chi connectivity index (χ1v) is 14.0. The topological polar surface area (TPSA) is 69.0 Å². The molecule has 0 bridgehead atoms. The summed E-state index contributed by atoms with van der Waals surface area (Å²) in [6, 6.07) is 36.4. The number of aliphatic imine (C=N–C) groups is 2. The maximum absolute atomic E-state index is 5.97. The Labute approximate surface area is 247 Å². The van der Waals surface area contributed by atoms with Gasteiger partial charge in [-0.2, -0.15) is 0 Å². The van der Waals surface area contributed by atoms with E-state index in [2.05, 4.69) is 64.1 Å². The molecule has 0 aliphatic heterocycles. The molecule has 0 saturated carbocycles. The van der Waals surface area contributed by atoms with Crippen LogP contribution in [0.5, 0.6) is 11.5 Å². The Hall–Kier alpha value is -5.10. The van der Waals surface area contributed by atoms with Crippen LogP contribution < -0.4 is 9.47 Å². The standard InChI is InChI=1S/C36H34N4O2/c1-27(31-12-5-3-6-13-31)37-21-33-16-18-35(23-39-33)41-25-29-10-9-11-30(20-29)26-42-36-19-17-34(40-24-36)22-38-28(2)32-14-7-4-8-15-32/h3-24,27-28H,25-26H2,1-2H3/t27-,28-/m1/s1. The lowest BCUT2D eigenvalue weighted by molar-refractivity contribution is 0.298. The molecule has 6 nitrogen and oxygen atoms in total. The zero-order valence-corrected chi connectivity index (χ0v) is 23.9. The summed E-state index contributed by atoms with van der Waals surface area (Å²) in [6.45, 7) is 5.01. The van der Waals surface area contributed by atoms with Crippen molar-refractivity contribution in [3.8, 4) is 11.5 Å². The van der Waals surface area contributed by atoms with Crippen molar-refractivity contribution in [3.63, 3.8) is 0 Å². The lowest BCUT2D eigenvalue weighted by Gasteiger charge is -2.10. The van der Waals surface area contributed by atoms with Gasteiger partial charge in [0.15, 0.2) is 0 Å². The molecule has 0 unspecified atom stereocenters. The Morgan fingerprint density at radius 3 is 1.43 bits per heavy atom. The Morgan fingerprint density at radius 1 is 0.571 bits per heavy atom. The van der Waals surface area contributed by atoms with Crippen molar-refractivity contribution in [3.05, 3.63) is 155 Å². The normalized spacial score (nSPS) is 12.8. The van der Waals surface area contributed by atoms with Gasteiger partial charge in [0, 0.05) is 12.4 Å². The maximum Gasteiger partial charge on any atom is 0.138 e. The number of aromatic nitrogens is 2. The summed E-state index contributed by atoms with van der Waals surface area (Å²) < 4.78 is 11.9. The smallest absolute Gasteiger partial charge is 0.138 e. The van der Waals surface area contributed by atoms with Gasteiger partial charge in [-0.25, -0.2) is 0 Å². The van der Waals surface area contributed by atoms with E-state index in [0.29, 0.717) is 24.7 Å². The average molecular weight is 555 g/mol. The third-order valence-corrected chi connectivity index (χ3v) is 6.75. The quantitative estimate of drug-likeness (QED) is 0.147. The van der Waals surface area contributed by atoms with E-state index in [1.165, 1.54) is 11.1 Å². The number of ether oxygens (including phenoxy) is 2. The predicted octanol–water partition coefficient (Wildman–Crippen LogP) is 7.99. The molecule has 0 spiro atoms. The highest BCUT2D eigenvalue weighted by atomic mass is 16.5. The van der Waals surface area contributed by atoms with E-state index < -0.39 is 0 Å². The van der Waals surface area contributed by atoms with Crippen LogP contribution in [0.1, 0.15) is 59.6 Å². The number of rotatable bonds is 12. The molecule has 0 amide bonds. The summed E-state index contributed by atoms with van der Waals surface area (Å²) in [6.07, 6.45) is 7.05. The fraction of sp³-hybridized carbons (Fsp3) is 0.167. The van der Waals surface area contributed by atoms with Gasteiger partial charge in [0.1, 0.15) is 24.7 Å². The van der Waals surface area contributed by atoms with E-state index in [4.69, 9.17) is 9.47 Å². The fourth-order valence-electron chi connectivity index (χ4n) is 4.26. The van der Waals surface area contributed by atoms with Gasteiger partial charge in [0.25, 0.3) is 0 Å². The van der Waals surface area contributed by atoms with Crippen LogP contribution in [0.3, 0.4) is 0 Å². The van der Waals surface area contributed by atoms with Gasteiger partial charge < -0.3 is 9.47 Å². The third kappa shape index (κ3) is 8.45. The van der Waals surface area contributed by atoms with Gasteiger partial charge in [-0.05, 0) is 66.4 Å². The molecule has 210 valence electrons. The van der Waals surface area contributed by atoms with Crippen molar-refractivity contribution in [1.29, 1.82) is 0 Å². The largest absolute Gasteiger partial charge is 0.487 e. The average Bonchev–Trinajstić information content (AvgIpc) is 3.06. The first-order valence-electron chi connectivity index (χ1n) is 14.0. The molecule has 3 aromatic carbocycles. The van der Waals surface area contributed by atoms with Crippen LogP contribution >= 0.6 is 0 Å². The van der Waals surface area contributed by atoms with Crippen molar-refractivity contribution < 1.29 is 9.47 Å². The minimum absolute atomic E-state index is 0.0735. The van der Waals surface area contributed by atoms with Crippen LogP contribution in [0.2, 0.25) is 0 Å². The molecule has 0 radical (unpaired) electrons. The van der Waals surface area contributed by atoms with E-state index in [1.807, 2.05) is 78.9 Å². The van der Waals surface area contributed by atoms with E-state index in [-0.39, 0.29) is 12.1 Å². The highest BCUT2D eigenvalue weighted by Crippen LogP contribution is 2.18. The van der Waals surface area contributed by atoms with Gasteiger partial charge in [0.2, 0.25) is 0 Å². The third-order valence-electron chi connectivity index (χ3n) is 6.75. The van der Waals surface area contributed by atoms with Gasteiger partial charge in [-0.15, -0.1) is 0 Å². The van der Waals surface area contributed by atoms with Crippen LogP contribution in [-0.4, -0.2) is 22.4 Å². The Bertz CT molecular complexity index is 1470. The monoisotopic (exact) mass is 554 g/mol. The molecule has 5 aromatic rings. The zero-order chi connectivity index (χ0) is 29.0. The lowest BCUT2D eigenvalue weighted by atomic mass is 10.1. The number of nitrogens with zero attached hydrogens (tertiary/aromatic N) is 4. The van der Waals surface area contributed by atoms with Gasteiger partial charge in [0.05, 0.1) is 35.9 Å². The Kier molecular flexibility index (Phi) is 9.82. The first-order chi connectivity index (χ1) is 20.6. The number of benzene rings is 3. The van der Waals surface area contributed by atoms with Crippen molar-refractivity contribution >= 4 is 12.4 Å². The fourth-order valence-corrected chi connectivity index (χ4v) is 4.26. The molecule has 0 aliphatic rings. The second-order valence-electron chi connectivity index (χ2n) is 9.96. The number of hydrogen-bond acceptors (Lipinski definition) is 6. The zero-order valence-electron chi connectivity index (χ0n) is 23.9. The van der Waals surface area contributed by atoms with Crippen LogP contribution in [0.25, 0.3) is 0 Å². The van der Waals surface area contributed by atoms with Crippen LogP contribution in [0.4, 0.5) is 0 Å². The van der Waals surface area contributed by atoms with Crippen LogP contribution in [0, 0.1) is 0 Å². The van der Waals surface area contributed by atoms with Gasteiger partial charge in [-0.1, -0.05) is 78.9 Å². The van der Waals surface area contributed by atoms with Crippen LogP contribution in [-0.2, 0) is 13.2 Å². The molecular formula is C36H34N4O2. The molecule has 42 heavy (non-hydrogen) atoms. The second kappa shape index (κ2) is 14.5. The molecule has 2 heterocycles. The summed E-state index contributed by atoms with van der Waals surface area (Å²) in [5.41, 5.74) is 6.03. The highest BCUT2D eigenvalue weighted by Gasteiger charge is 2.04. The SMILES string of the molecule is C[C@@H](N=Cc1ccc(OCc2cccc(COc3ccc(C=N[C@H](C)c4ccccc4)nc3)c2)cn1)c1ccccc1. The summed E-state index contributed by atoms with van der Waals surface area (Å²) in [5, 5.41) is 0. The second-order valence-corrected chi connectivity index (χ2v) is 9.96. The number of hydrogen-bond donors (Lipinski definition) is 0. The van der Waals surface area contributed by atoms with Gasteiger partial charge >= 0.3 is 0 Å². The minimum atomic E-state index is 0.0735. The van der Waals surface area contributed by atoms with E-state index in [0.717, 1.165) is 22.5 Å². The summed E-state index contributed by atoms with van der Waals surface area (Å²) >= 11 is 0. The predicted molar refractivity (Wildman–Crippen MR) is 168 cm³/mol. The summed E-state index contributed by atoms with van der Waals surface area (Å²) in [4.78, 5) is 18.2. The maximum atomic E-state index is 5.97. The van der Waals surface area contributed by atoms with Crippen molar-refractivity contribution in [1.82, 2.24) is 9.97 Å². The summed E-state index contributed by atoms with van der Waals surface area (Å²) in [7, 11) is 0. The molecule has 2 aromatic heterocycles. The molecule has 0 saturated heterocycles. The minimum Gasteiger partial charge on any atom is -0.487 e. The summed E-state index contributed by atoms with van der Waals surface area (Å²) in [5.74, 6) is 1.41. The number of pyridine rings is 2. The molecule has 0 N–H and O–H groups in total. The molecule has 6 heteroatoms. The molecule has 0 aliphatic carbocycles. The first kappa shape index (κ1) is 28.4.